The molecule has 0 aliphatic carbocycles. The van der Waals surface area contributed by atoms with Gasteiger partial charge in [-0.2, -0.15) is 8.42 Å². The summed E-state index contributed by atoms with van der Waals surface area (Å²) in [6, 6.07) is 0. The van der Waals surface area contributed by atoms with Gasteiger partial charge in [-0.25, -0.2) is 4.79 Å². The zero-order valence-electron chi connectivity index (χ0n) is 13.2. The maximum absolute atomic E-state index is 8.67. The third kappa shape index (κ3) is 403. The molecule has 9 nitrogen and oxygen atoms in total. The number of carbonyl (C=O) groups is 1. The first-order chi connectivity index (χ1) is 5.20. The van der Waals surface area contributed by atoms with Crippen LogP contribution in [0.15, 0.2) is 0 Å². The Labute approximate surface area is 191 Å². The molecule has 84 valence electrons. The molecule has 0 fully saturated rings. The van der Waals surface area contributed by atoms with Gasteiger partial charge in [0.15, 0.2) is 0 Å². The van der Waals surface area contributed by atoms with Crippen LogP contribution in [0.5, 0.6) is 0 Å². The van der Waals surface area contributed by atoms with Gasteiger partial charge >= 0.3 is 124 Å². The molecular formula is CH10Na4O9S2. The van der Waals surface area contributed by atoms with Crippen LogP contribution in [0.1, 0.15) is 5.71 Å². The van der Waals surface area contributed by atoms with Gasteiger partial charge in [0.2, 0.25) is 0 Å². The van der Waals surface area contributed by atoms with Crippen molar-refractivity contribution in [2.24, 2.45) is 0 Å². The Hall–Kier alpha value is 3.41. The van der Waals surface area contributed by atoms with Crippen molar-refractivity contribution in [3.63, 3.8) is 0 Å². The summed E-state index contributed by atoms with van der Waals surface area (Å²) in [5, 5.41) is 13.9. The predicted octanol–water partition coefficient (Wildman–Crippen LogP) is -11.9. The Morgan fingerprint density at radius 2 is 0.750 bits per heavy atom. The fraction of sp³-hybridized carbons (Fsp3) is 0. The van der Waals surface area contributed by atoms with E-state index in [0.717, 1.165) is 0 Å². The number of carboxylic acid groups (broad SMARTS) is 2. The first-order valence-electron chi connectivity index (χ1n) is 1.71. The van der Waals surface area contributed by atoms with Crippen molar-refractivity contribution in [2.45, 2.75) is 0 Å². The molecule has 0 bridgehead atoms. The van der Waals surface area contributed by atoms with E-state index in [2.05, 4.69) is 0 Å². The van der Waals surface area contributed by atoms with Crippen molar-refractivity contribution in [3.8, 4) is 0 Å². The minimum atomic E-state index is -2.61. The van der Waals surface area contributed by atoms with E-state index >= 15 is 0 Å². The summed E-state index contributed by atoms with van der Waals surface area (Å²) in [6.07, 6.45) is -1.83. The van der Waals surface area contributed by atoms with Crippen LogP contribution in [-0.2, 0) is 22.7 Å². The average Bonchev–Trinajstić information content (AvgIpc) is 1.54. The minimum Gasteiger partial charge on any atom is -1.00 e. The summed E-state index contributed by atoms with van der Waals surface area (Å²) in [6.45, 7) is 0. The summed E-state index contributed by atoms with van der Waals surface area (Å²) in [5.41, 5.74) is 0. The van der Waals surface area contributed by atoms with Crippen LogP contribution >= 0.6 is 0 Å². The summed E-state index contributed by atoms with van der Waals surface area (Å²) < 4.78 is 45.7. The van der Waals surface area contributed by atoms with Gasteiger partial charge in [0.25, 0.3) is 22.7 Å². The van der Waals surface area contributed by atoms with E-state index in [1.807, 2.05) is 0 Å². The van der Waals surface area contributed by atoms with Crippen LogP contribution in [0, 0.1) is 0 Å². The molecule has 0 aliphatic heterocycles. The fourth-order valence-electron chi connectivity index (χ4n) is 0. The molecule has 0 spiro atoms. The maximum Gasteiger partial charge on any atom is 1.00 e. The molecule has 0 amide bonds. The SMILES string of the molecule is O=C(O)O.O=S(O)O.O=S(O)O.[H-].[H-].[H-].[H-].[Na+].[Na+].[Na+].[Na+]. The first-order valence-corrected chi connectivity index (χ1v) is 3.84. The molecule has 6 N–H and O–H groups in total. The van der Waals surface area contributed by atoms with E-state index in [1.54, 1.807) is 0 Å². The van der Waals surface area contributed by atoms with Crippen molar-refractivity contribution in [2.75, 3.05) is 0 Å². The van der Waals surface area contributed by atoms with Crippen LogP contribution in [0.25, 0.3) is 0 Å². The van der Waals surface area contributed by atoms with Gasteiger partial charge in [-0.1, -0.05) is 0 Å². The van der Waals surface area contributed by atoms with E-state index in [-0.39, 0.29) is 124 Å². The normalized spacial score (nSPS) is 5.88. The summed E-state index contributed by atoms with van der Waals surface area (Å²) in [5.74, 6) is 0. The van der Waals surface area contributed by atoms with Gasteiger partial charge in [0, 0.05) is 0 Å². The van der Waals surface area contributed by atoms with Crippen molar-refractivity contribution in [3.05, 3.63) is 0 Å². The Morgan fingerprint density at radius 1 is 0.750 bits per heavy atom. The van der Waals surface area contributed by atoms with Crippen molar-refractivity contribution < 1.29 is 166 Å². The molecule has 0 unspecified atom stereocenters. The summed E-state index contributed by atoms with van der Waals surface area (Å²) >= 11 is -5.22. The van der Waals surface area contributed by atoms with Gasteiger partial charge < -0.3 is 15.9 Å². The molecular weight excluding hydrogens is 312 g/mol. The Morgan fingerprint density at radius 3 is 0.750 bits per heavy atom. The van der Waals surface area contributed by atoms with Crippen molar-refractivity contribution >= 4 is 28.9 Å². The van der Waals surface area contributed by atoms with E-state index in [0.29, 0.717) is 0 Å². The Bertz CT molecular complexity index is 137. The Balaban J connectivity index is -0.00000000562. The van der Waals surface area contributed by atoms with E-state index in [9.17, 15) is 0 Å². The monoisotopic (exact) mass is 322 g/mol. The second-order valence-corrected chi connectivity index (χ2v) is 1.67. The molecule has 0 aromatic carbocycles. The molecule has 0 heterocycles. The zero-order valence-corrected chi connectivity index (χ0v) is 18.9. The van der Waals surface area contributed by atoms with Crippen LogP contribution in [-0.4, -0.2) is 43.0 Å². The first kappa shape index (κ1) is 42.7. The second-order valence-electron chi connectivity index (χ2n) is 0.744. The van der Waals surface area contributed by atoms with Gasteiger partial charge in [0.1, 0.15) is 0 Å². The number of hydrogen-bond donors (Lipinski definition) is 6. The molecule has 0 saturated heterocycles. The molecule has 15 heteroatoms. The topological polar surface area (TPSA) is 173 Å². The van der Waals surface area contributed by atoms with Crippen LogP contribution in [0.3, 0.4) is 0 Å². The van der Waals surface area contributed by atoms with Gasteiger partial charge in [-0.05, 0) is 0 Å². The number of hydrogen-bond acceptors (Lipinski definition) is 3. The fourth-order valence-corrected chi connectivity index (χ4v) is 0. The molecule has 0 rings (SSSR count). The summed E-state index contributed by atoms with van der Waals surface area (Å²) in [4.78, 5) is 8.56. The van der Waals surface area contributed by atoms with Gasteiger partial charge in [0.05, 0.1) is 0 Å². The molecule has 0 atom stereocenters. The third-order valence-electron chi connectivity index (χ3n) is 0. The zero-order chi connectivity index (χ0) is 10.7. The third-order valence-corrected chi connectivity index (χ3v) is 0. The summed E-state index contributed by atoms with van der Waals surface area (Å²) in [7, 11) is 0. The van der Waals surface area contributed by atoms with E-state index in [1.165, 1.54) is 0 Å². The van der Waals surface area contributed by atoms with E-state index in [4.69, 9.17) is 41.6 Å². The number of rotatable bonds is 0. The predicted molar refractivity (Wildman–Crippen MR) is 41.9 cm³/mol. The smallest absolute Gasteiger partial charge is 1.00 e. The molecule has 0 aromatic rings. The molecule has 0 radical (unpaired) electrons. The quantitative estimate of drug-likeness (QED) is 0.187. The van der Waals surface area contributed by atoms with Gasteiger partial charge in [-0.3, -0.25) is 18.2 Å². The standard InChI is InChI=1S/CH2O3.4Na.2H2O3S.4H/c2-1(3)4;;;;;2*1-4(2)3;;;;/h(H2,2,3,4);;;;;2*(H2,1,2,3);;;;/q;4*+1;;;4*-1. The van der Waals surface area contributed by atoms with E-state index < -0.39 is 28.9 Å². The molecule has 16 heavy (non-hydrogen) atoms. The largest absolute Gasteiger partial charge is 1.00 e. The van der Waals surface area contributed by atoms with Crippen LogP contribution in [0.2, 0.25) is 0 Å². The minimum absolute atomic E-state index is 0. The average molecular weight is 322 g/mol. The van der Waals surface area contributed by atoms with Crippen LogP contribution < -0.4 is 118 Å². The van der Waals surface area contributed by atoms with Crippen LogP contribution in [0.4, 0.5) is 4.79 Å². The van der Waals surface area contributed by atoms with Crippen molar-refractivity contribution in [1.82, 2.24) is 0 Å². The Kier molecular flexibility index (Phi) is 96.7. The molecule has 0 saturated carbocycles. The maximum atomic E-state index is 8.67. The molecule has 0 aliphatic rings. The molecule has 0 aromatic heterocycles. The van der Waals surface area contributed by atoms with Gasteiger partial charge in [-0.15, -0.1) is 0 Å². The second kappa shape index (κ2) is 36.2. The van der Waals surface area contributed by atoms with Crippen molar-refractivity contribution in [1.29, 1.82) is 0 Å².